The highest BCUT2D eigenvalue weighted by Crippen LogP contribution is 2.42. The van der Waals surface area contributed by atoms with Gasteiger partial charge in [-0.3, -0.25) is 14.4 Å². The van der Waals surface area contributed by atoms with Gasteiger partial charge in [0.1, 0.15) is 12.1 Å². The van der Waals surface area contributed by atoms with Crippen LogP contribution in [0.4, 0.5) is 0 Å². The molecule has 1 unspecified atom stereocenters. The van der Waals surface area contributed by atoms with E-state index in [0.29, 0.717) is 17.4 Å². The van der Waals surface area contributed by atoms with Crippen LogP contribution >= 0.6 is 11.6 Å². The average Bonchev–Trinajstić information content (AvgIpc) is 3.02. The van der Waals surface area contributed by atoms with Gasteiger partial charge in [-0.15, -0.1) is 0 Å². The van der Waals surface area contributed by atoms with Crippen LogP contribution < -0.4 is 5.32 Å². The topological polar surface area (TPSA) is 85.5 Å². The smallest absolute Gasteiger partial charge is 0.246 e. The molecule has 1 aromatic heterocycles. The molecule has 160 valence electrons. The number of nitrogens with one attached hydrogen (secondary N) is 2. The SMILES string of the molecule is CC(C)C[C@H]1c2[nH]c3cc(Cl)ccc3c2C[C@H]2C(=O)NC(CC(=O)N(C)C)C(=O)N21. The maximum atomic E-state index is 13.4. The molecule has 0 saturated carbocycles. The minimum absolute atomic E-state index is 0.0373. The molecular weight excluding hydrogens is 404 g/mol. The summed E-state index contributed by atoms with van der Waals surface area (Å²) < 4.78 is 0. The number of nitrogens with zero attached hydrogens (tertiary/aromatic N) is 2. The van der Waals surface area contributed by atoms with E-state index in [9.17, 15) is 14.4 Å². The molecule has 30 heavy (non-hydrogen) atoms. The number of amides is 3. The predicted molar refractivity (Wildman–Crippen MR) is 115 cm³/mol. The number of piperazine rings is 1. The zero-order chi connectivity index (χ0) is 21.7. The Kier molecular flexibility index (Phi) is 5.26. The zero-order valence-electron chi connectivity index (χ0n) is 17.7. The number of aromatic amines is 1. The molecule has 8 heteroatoms. The molecule has 4 rings (SSSR count). The van der Waals surface area contributed by atoms with Gasteiger partial charge in [0.2, 0.25) is 17.7 Å². The van der Waals surface area contributed by atoms with Crippen LogP contribution in [-0.2, 0) is 20.8 Å². The zero-order valence-corrected chi connectivity index (χ0v) is 18.4. The largest absolute Gasteiger partial charge is 0.356 e. The average molecular weight is 431 g/mol. The van der Waals surface area contributed by atoms with E-state index in [2.05, 4.69) is 24.1 Å². The summed E-state index contributed by atoms with van der Waals surface area (Å²) in [6.07, 6.45) is 1.12. The first-order valence-corrected chi connectivity index (χ1v) is 10.7. The Hall–Kier alpha value is -2.54. The van der Waals surface area contributed by atoms with Crippen LogP contribution in [0.3, 0.4) is 0 Å². The van der Waals surface area contributed by atoms with E-state index in [1.165, 1.54) is 4.90 Å². The van der Waals surface area contributed by atoms with E-state index in [0.717, 1.165) is 28.6 Å². The minimum atomic E-state index is -0.835. The highest BCUT2D eigenvalue weighted by Gasteiger charge is 2.48. The summed E-state index contributed by atoms with van der Waals surface area (Å²) in [7, 11) is 3.29. The Morgan fingerprint density at radius 2 is 2.03 bits per heavy atom. The molecule has 2 N–H and O–H groups in total. The van der Waals surface area contributed by atoms with E-state index in [1.54, 1.807) is 19.0 Å². The Morgan fingerprint density at radius 3 is 2.70 bits per heavy atom. The van der Waals surface area contributed by atoms with Crippen LogP contribution in [0.1, 0.15) is 44.0 Å². The summed E-state index contributed by atoms with van der Waals surface area (Å²) in [5, 5.41) is 4.47. The van der Waals surface area contributed by atoms with Gasteiger partial charge in [0.15, 0.2) is 0 Å². The van der Waals surface area contributed by atoms with Gasteiger partial charge in [0.25, 0.3) is 0 Å². The summed E-state index contributed by atoms with van der Waals surface area (Å²) in [4.78, 5) is 45.3. The first-order chi connectivity index (χ1) is 14.2. The van der Waals surface area contributed by atoms with Crippen molar-refractivity contribution in [1.82, 2.24) is 20.1 Å². The molecule has 3 atom stereocenters. The molecule has 0 spiro atoms. The number of halogens is 1. The van der Waals surface area contributed by atoms with Crippen molar-refractivity contribution in [2.24, 2.45) is 5.92 Å². The van der Waals surface area contributed by atoms with Gasteiger partial charge in [0.05, 0.1) is 12.5 Å². The van der Waals surface area contributed by atoms with Gasteiger partial charge < -0.3 is 20.1 Å². The van der Waals surface area contributed by atoms with Gasteiger partial charge in [-0.2, -0.15) is 0 Å². The number of benzene rings is 1. The van der Waals surface area contributed by atoms with Crippen LogP contribution in [0.15, 0.2) is 18.2 Å². The molecule has 2 aliphatic heterocycles. The van der Waals surface area contributed by atoms with Crippen molar-refractivity contribution in [2.75, 3.05) is 14.1 Å². The number of rotatable bonds is 4. The molecule has 7 nitrogen and oxygen atoms in total. The third-order valence-electron chi connectivity index (χ3n) is 6.05. The van der Waals surface area contributed by atoms with E-state index in [1.807, 2.05) is 18.2 Å². The molecule has 3 amide bonds. The quantitative estimate of drug-likeness (QED) is 0.781. The van der Waals surface area contributed by atoms with Crippen LogP contribution in [-0.4, -0.2) is 58.7 Å². The Labute approximate surface area is 180 Å². The fourth-order valence-corrected chi connectivity index (χ4v) is 4.78. The Morgan fingerprint density at radius 1 is 1.30 bits per heavy atom. The van der Waals surface area contributed by atoms with Crippen molar-refractivity contribution in [3.63, 3.8) is 0 Å². The van der Waals surface area contributed by atoms with Crippen LogP contribution in [0.25, 0.3) is 10.9 Å². The van der Waals surface area contributed by atoms with Crippen molar-refractivity contribution in [1.29, 1.82) is 0 Å². The monoisotopic (exact) mass is 430 g/mol. The maximum Gasteiger partial charge on any atom is 0.246 e. The summed E-state index contributed by atoms with van der Waals surface area (Å²) in [6, 6.07) is 4.03. The standard InChI is InChI=1S/C22H27ClN4O3/c1-11(2)7-17-20-14(13-6-5-12(23)8-15(13)24-20)9-18-21(29)25-16(22(30)27(17)18)10-19(28)26(3)4/h5-6,8,11,16-18,24H,7,9-10H2,1-4H3,(H,25,29)/t16?,17-,18-/m0/s1. The molecule has 2 aromatic rings. The van der Waals surface area contributed by atoms with Crippen molar-refractivity contribution in [3.05, 3.63) is 34.5 Å². The lowest BCUT2D eigenvalue weighted by Crippen LogP contribution is -2.66. The van der Waals surface area contributed by atoms with E-state index < -0.39 is 12.1 Å². The molecule has 1 aromatic carbocycles. The molecule has 1 fully saturated rings. The van der Waals surface area contributed by atoms with Crippen molar-refractivity contribution < 1.29 is 14.4 Å². The molecule has 1 saturated heterocycles. The molecule has 3 heterocycles. The highest BCUT2D eigenvalue weighted by atomic mass is 35.5. The Balaban J connectivity index is 1.78. The van der Waals surface area contributed by atoms with Crippen molar-refractivity contribution in [2.45, 2.75) is 51.2 Å². The number of hydrogen-bond acceptors (Lipinski definition) is 3. The fourth-order valence-electron chi connectivity index (χ4n) is 4.61. The number of carbonyl (C=O) groups excluding carboxylic acids is 3. The lowest BCUT2D eigenvalue weighted by atomic mass is 9.85. The number of carbonyl (C=O) groups is 3. The normalized spacial score (nSPS) is 23.4. The first-order valence-electron chi connectivity index (χ1n) is 10.3. The third kappa shape index (κ3) is 3.45. The number of fused-ring (bicyclic) bond motifs is 4. The van der Waals surface area contributed by atoms with Gasteiger partial charge in [-0.05, 0) is 30.0 Å². The van der Waals surface area contributed by atoms with Crippen molar-refractivity contribution >= 4 is 40.2 Å². The summed E-state index contributed by atoms with van der Waals surface area (Å²) in [5.41, 5.74) is 2.95. The number of hydrogen-bond donors (Lipinski definition) is 2. The van der Waals surface area contributed by atoms with E-state index in [-0.39, 0.29) is 30.2 Å². The van der Waals surface area contributed by atoms with Gasteiger partial charge in [-0.25, -0.2) is 0 Å². The second-order valence-electron chi connectivity index (χ2n) is 8.87. The summed E-state index contributed by atoms with van der Waals surface area (Å²) in [5.74, 6) is -0.265. The molecule has 0 bridgehead atoms. The molecular formula is C22H27ClN4O3. The number of H-pyrrole nitrogens is 1. The van der Waals surface area contributed by atoms with Crippen LogP contribution in [0.2, 0.25) is 5.02 Å². The van der Waals surface area contributed by atoms with Gasteiger partial charge >= 0.3 is 0 Å². The van der Waals surface area contributed by atoms with Crippen LogP contribution in [0.5, 0.6) is 0 Å². The third-order valence-corrected chi connectivity index (χ3v) is 6.28. The molecule has 2 aliphatic rings. The molecule has 0 aliphatic carbocycles. The highest BCUT2D eigenvalue weighted by molar-refractivity contribution is 6.31. The number of aromatic nitrogens is 1. The lowest BCUT2D eigenvalue weighted by Gasteiger charge is -2.46. The van der Waals surface area contributed by atoms with Gasteiger partial charge in [0, 0.05) is 42.1 Å². The van der Waals surface area contributed by atoms with Crippen LogP contribution in [0, 0.1) is 5.92 Å². The second kappa shape index (κ2) is 7.61. The van der Waals surface area contributed by atoms with Gasteiger partial charge in [-0.1, -0.05) is 31.5 Å². The first kappa shape index (κ1) is 20.7. The Bertz CT molecular complexity index is 1030. The van der Waals surface area contributed by atoms with Crippen molar-refractivity contribution in [3.8, 4) is 0 Å². The summed E-state index contributed by atoms with van der Waals surface area (Å²) in [6.45, 7) is 4.20. The molecule has 0 radical (unpaired) electrons. The minimum Gasteiger partial charge on any atom is -0.356 e. The maximum absolute atomic E-state index is 13.4. The second-order valence-corrected chi connectivity index (χ2v) is 9.31. The summed E-state index contributed by atoms with van der Waals surface area (Å²) >= 11 is 6.18. The predicted octanol–water partition coefficient (Wildman–Crippen LogP) is 2.64. The lowest BCUT2D eigenvalue weighted by molar-refractivity contribution is -0.155. The van der Waals surface area contributed by atoms with E-state index >= 15 is 0 Å². The fraction of sp³-hybridized carbons (Fsp3) is 0.500. The van der Waals surface area contributed by atoms with E-state index in [4.69, 9.17) is 11.6 Å².